The molecule has 0 radical (unpaired) electrons. The molecule has 38 heavy (non-hydrogen) atoms. The van der Waals surface area contributed by atoms with Gasteiger partial charge in [-0.2, -0.15) is 0 Å². The molecule has 11 heteroatoms. The van der Waals surface area contributed by atoms with Crippen molar-refractivity contribution in [3.63, 3.8) is 0 Å². The minimum absolute atomic E-state index is 0.149. The maximum absolute atomic E-state index is 12.2. The van der Waals surface area contributed by atoms with Crippen LogP contribution < -0.4 is 5.32 Å². The number of ether oxygens (including phenoxy) is 2. The van der Waals surface area contributed by atoms with Crippen LogP contribution in [-0.2, 0) is 19.1 Å². The molecule has 3 aromatic rings. The summed E-state index contributed by atoms with van der Waals surface area (Å²) < 4.78 is 9.90. The van der Waals surface area contributed by atoms with E-state index in [2.05, 4.69) is 5.32 Å². The number of nitro groups is 1. The Hall–Kier alpha value is -5.19. The molecule has 0 aliphatic carbocycles. The van der Waals surface area contributed by atoms with Crippen LogP contribution in [0.4, 0.5) is 11.4 Å². The molecule has 3 aromatic carbocycles. The van der Waals surface area contributed by atoms with Gasteiger partial charge in [-0.05, 0) is 36.4 Å². The Bertz CT molecular complexity index is 1340. The van der Waals surface area contributed by atoms with E-state index in [-0.39, 0.29) is 35.4 Å². The predicted molar refractivity (Wildman–Crippen MR) is 134 cm³/mol. The first-order valence-electron chi connectivity index (χ1n) is 11.3. The van der Waals surface area contributed by atoms with E-state index in [9.17, 15) is 34.1 Å². The number of nitrogens with one attached hydrogen (secondary N) is 1. The van der Waals surface area contributed by atoms with Crippen LogP contribution in [0.3, 0.4) is 0 Å². The highest BCUT2D eigenvalue weighted by atomic mass is 16.6. The van der Waals surface area contributed by atoms with E-state index in [1.807, 2.05) is 0 Å². The fourth-order valence-corrected chi connectivity index (χ4v) is 3.12. The maximum Gasteiger partial charge on any atom is 0.338 e. The minimum atomic E-state index is -0.765. The van der Waals surface area contributed by atoms with Crippen molar-refractivity contribution in [1.82, 2.24) is 0 Å². The van der Waals surface area contributed by atoms with Gasteiger partial charge in [0.15, 0.2) is 24.8 Å². The molecule has 0 aliphatic rings. The first-order valence-corrected chi connectivity index (χ1v) is 11.3. The zero-order valence-electron chi connectivity index (χ0n) is 20.0. The number of hydrogen-bond donors (Lipinski definition) is 1. The van der Waals surface area contributed by atoms with Gasteiger partial charge in [0.2, 0.25) is 5.91 Å². The van der Waals surface area contributed by atoms with Crippen LogP contribution in [0.2, 0.25) is 0 Å². The van der Waals surface area contributed by atoms with Gasteiger partial charge in [0.05, 0.1) is 16.9 Å². The first-order chi connectivity index (χ1) is 18.2. The van der Waals surface area contributed by atoms with Gasteiger partial charge < -0.3 is 14.8 Å². The Morgan fingerprint density at radius 1 is 0.684 bits per heavy atom. The number of nitro benzene ring substituents is 1. The van der Waals surface area contributed by atoms with E-state index in [0.717, 1.165) is 0 Å². The summed E-state index contributed by atoms with van der Waals surface area (Å²) in [7, 11) is 0. The molecule has 3 rings (SSSR count). The highest BCUT2D eigenvalue weighted by molar-refractivity contribution is 6.00. The molecule has 0 unspecified atom stereocenters. The van der Waals surface area contributed by atoms with E-state index >= 15 is 0 Å². The van der Waals surface area contributed by atoms with Crippen LogP contribution in [0, 0.1) is 10.1 Å². The van der Waals surface area contributed by atoms with Crippen molar-refractivity contribution in [1.29, 1.82) is 0 Å². The Kier molecular flexibility index (Phi) is 9.52. The highest BCUT2D eigenvalue weighted by Gasteiger charge is 2.15. The van der Waals surface area contributed by atoms with Gasteiger partial charge in [-0.3, -0.25) is 29.3 Å². The Morgan fingerprint density at radius 2 is 1.24 bits per heavy atom. The number of esters is 2. The molecule has 0 fully saturated rings. The SMILES string of the molecule is O=C(CCC(=O)OCC(=O)c1ccc([N+](=O)[O-])cc1)Nc1ccc(C(=O)OCC(=O)c2ccccc2)cc1. The summed E-state index contributed by atoms with van der Waals surface area (Å²) in [5, 5.41) is 13.2. The molecular formula is C27H22N2O9. The van der Waals surface area contributed by atoms with Crippen LogP contribution in [0.5, 0.6) is 0 Å². The van der Waals surface area contributed by atoms with Gasteiger partial charge >= 0.3 is 11.9 Å². The lowest BCUT2D eigenvalue weighted by atomic mass is 10.1. The Labute approximate surface area is 216 Å². The summed E-state index contributed by atoms with van der Waals surface area (Å²) in [6.07, 6.45) is -0.491. The highest BCUT2D eigenvalue weighted by Crippen LogP contribution is 2.14. The molecule has 0 spiro atoms. The lowest BCUT2D eigenvalue weighted by Gasteiger charge is -2.08. The van der Waals surface area contributed by atoms with E-state index in [1.165, 1.54) is 48.5 Å². The third-order valence-corrected chi connectivity index (χ3v) is 5.16. The summed E-state index contributed by atoms with van der Waals surface area (Å²) >= 11 is 0. The number of non-ortho nitro benzene ring substituents is 1. The summed E-state index contributed by atoms with van der Waals surface area (Å²) in [5.41, 5.74) is 0.961. The Balaban J connectivity index is 1.38. The maximum atomic E-state index is 12.2. The van der Waals surface area contributed by atoms with Gasteiger partial charge in [0.25, 0.3) is 5.69 Å². The average Bonchev–Trinajstić information content (AvgIpc) is 2.94. The molecule has 194 valence electrons. The van der Waals surface area contributed by atoms with Crippen molar-refractivity contribution in [2.24, 2.45) is 0 Å². The van der Waals surface area contributed by atoms with Crippen LogP contribution in [0.25, 0.3) is 0 Å². The number of Topliss-reactive ketones (excluding diaryl/α,β-unsaturated/α-hetero) is 2. The monoisotopic (exact) mass is 518 g/mol. The Morgan fingerprint density at radius 3 is 1.84 bits per heavy atom. The molecule has 0 aromatic heterocycles. The second-order valence-electron chi connectivity index (χ2n) is 7.88. The number of carbonyl (C=O) groups excluding carboxylic acids is 5. The second-order valence-corrected chi connectivity index (χ2v) is 7.88. The summed E-state index contributed by atoms with van der Waals surface area (Å²) in [4.78, 5) is 70.3. The topological polar surface area (TPSA) is 159 Å². The number of benzene rings is 3. The van der Waals surface area contributed by atoms with E-state index in [4.69, 9.17) is 9.47 Å². The number of rotatable bonds is 12. The molecule has 11 nitrogen and oxygen atoms in total. The minimum Gasteiger partial charge on any atom is -0.457 e. The second kappa shape index (κ2) is 13.2. The van der Waals surface area contributed by atoms with Crippen molar-refractivity contribution in [3.8, 4) is 0 Å². The molecule has 0 aliphatic heterocycles. The average molecular weight is 518 g/mol. The van der Waals surface area contributed by atoms with Crippen molar-refractivity contribution in [2.45, 2.75) is 12.8 Å². The summed E-state index contributed by atoms with van der Waals surface area (Å²) in [5.74, 6) is -2.83. The molecule has 0 saturated heterocycles. The molecule has 1 N–H and O–H groups in total. The first kappa shape index (κ1) is 27.4. The zero-order chi connectivity index (χ0) is 27.5. The smallest absolute Gasteiger partial charge is 0.338 e. The lowest BCUT2D eigenvalue weighted by Crippen LogP contribution is -2.17. The largest absolute Gasteiger partial charge is 0.457 e. The van der Waals surface area contributed by atoms with Gasteiger partial charge in [-0.15, -0.1) is 0 Å². The molecular weight excluding hydrogens is 496 g/mol. The van der Waals surface area contributed by atoms with Crippen LogP contribution >= 0.6 is 0 Å². The molecule has 0 bridgehead atoms. The fourth-order valence-electron chi connectivity index (χ4n) is 3.12. The molecule has 0 saturated carbocycles. The zero-order valence-corrected chi connectivity index (χ0v) is 20.0. The summed E-state index contributed by atoms with van der Waals surface area (Å²) in [6.45, 7) is -0.969. The predicted octanol–water partition coefficient (Wildman–Crippen LogP) is 3.78. The van der Waals surface area contributed by atoms with E-state index < -0.39 is 41.8 Å². The number of anilines is 1. The number of hydrogen-bond acceptors (Lipinski definition) is 9. The summed E-state index contributed by atoms with van der Waals surface area (Å²) in [6, 6.07) is 19.0. The van der Waals surface area contributed by atoms with Crippen molar-refractivity contribution in [2.75, 3.05) is 18.5 Å². The van der Waals surface area contributed by atoms with Gasteiger partial charge in [0, 0.05) is 35.4 Å². The molecule has 0 atom stereocenters. The molecule has 0 heterocycles. The number of amides is 1. The molecule has 1 amide bonds. The van der Waals surface area contributed by atoms with E-state index in [1.54, 1.807) is 30.3 Å². The quantitative estimate of drug-likeness (QED) is 0.163. The lowest BCUT2D eigenvalue weighted by molar-refractivity contribution is -0.384. The number of carbonyl (C=O) groups is 5. The third-order valence-electron chi connectivity index (χ3n) is 5.16. The van der Waals surface area contributed by atoms with Crippen molar-refractivity contribution in [3.05, 3.63) is 106 Å². The van der Waals surface area contributed by atoms with Crippen molar-refractivity contribution < 1.29 is 38.4 Å². The van der Waals surface area contributed by atoms with Crippen LogP contribution in [-0.4, -0.2) is 47.5 Å². The van der Waals surface area contributed by atoms with Crippen LogP contribution in [0.15, 0.2) is 78.9 Å². The van der Waals surface area contributed by atoms with E-state index in [0.29, 0.717) is 11.3 Å². The van der Waals surface area contributed by atoms with Gasteiger partial charge in [0.1, 0.15) is 0 Å². The number of ketones is 2. The third kappa shape index (κ3) is 8.19. The van der Waals surface area contributed by atoms with Crippen LogP contribution in [0.1, 0.15) is 43.9 Å². The van der Waals surface area contributed by atoms with Gasteiger partial charge in [-0.25, -0.2) is 4.79 Å². The van der Waals surface area contributed by atoms with Gasteiger partial charge in [-0.1, -0.05) is 30.3 Å². The fraction of sp³-hybridized carbons (Fsp3) is 0.148. The standard InChI is InChI=1S/C27H22N2O9/c30-23(19-8-12-22(13-9-19)29(35)36)16-37-26(33)15-14-25(32)28-21-10-6-20(7-11-21)27(34)38-17-24(31)18-4-2-1-3-5-18/h1-13H,14-17H2,(H,28,32). The number of nitrogens with zero attached hydrogens (tertiary/aromatic N) is 1. The van der Waals surface area contributed by atoms with Crippen molar-refractivity contribution >= 4 is 40.8 Å². The normalized spacial score (nSPS) is 10.2.